The van der Waals surface area contributed by atoms with Crippen molar-refractivity contribution >= 4 is 27.4 Å². The molecule has 1 atom stereocenters. The van der Waals surface area contributed by atoms with Gasteiger partial charge < -0.3 is 9.80 Å². The van der Waals surface area contributed by atoms with Gasteiger partial charge in [0.25, 0.3) is 0 Å². The molecule has 0 bridgehead atoms. The number of aryl methyl sites for hydroxylation is 1. The smallest absolute Gasteiger partial charge is 0.146 e. The van der Waals surface area contributed by atoms with E-state index in [9.17, 15) is 4.39 Å². The standard InChI is InChI=1S/C25H32FN5S/c1-17-4-9-20-21(14-17)32-25-23(20)24(27-22(28-25)16-29(2)3)31-12-10-30(11-13-31)15-18-5-7-19(26)8-6-18/h5-8,17H,4,9-16H2,1-3H3. The van der Waals surface area contributed by atoms with Crippen LogP contribution in [0.3, 0.4) is 0 Å². The Bertz CT molecular complexity index is 1090. The van der Waals surface area contributed by atoms with Crippen LogP contribution in [0.25, 0.3) is 10.2 Å². The Morgan fingerprint density at radius 3 is 2.56 bits per heavy atom. The van der Waals surface area contributed by atoms with Gasteiger partial charge in [0.2, 0.25) is 0 Å². The van der Waals surface area contributed by atoms with E-state index < -0.39 is 0 Å². The molecule has 2 aromatic heterocycles. The van der Waals surface area contributed by atoms with Gasteiger partial charge in [0.05, 0.1) is 11.9 Å². The molecule has 1 saturated heterocycles. The molecular formula is C25H32FN5S. The van der Waals surface area contributed by atoms with Gasteiger partial charge in [0.15, 0.2) is 0 Å². The molecule has 0 radical (unpaired) electrons. The van der Waals surface area contributed by atoms with E-state index in [1.807, 2.05) is 23.5 Å². The largest absolute Gasteiger partial charge is 0.353 e. The third kappa shape index (κ3) is 4.51. The Morgan fingerprint density at radius 1 is 1.09 bits per heavy atom. The number of piperazine rings is 1. The number of thiophene rings is 1. The maximum Gasteiger partial charge on any atom is 0.146 e. The molecule has 1 aromatic carbocycles. The van der Waals surface area contributed by atoms with Gasteiger partial charge >= 0.3 is 0 Å². The maximum absolute atomic E-state index is 13.2. The summed E-state index contributed by atoms with van der Waals surface area (Å²) in [6, 6.07) is 6.88. The highest BCUT2D eigenvalue weighted by Crippen LogP contribution is 2.41. The summed E-state index contributed by atoms with van der Waals surface area (Å²) in [7, 11) is 4.14. The summed E-state index contributed by atoms with van der Waals surface area (Å²) in [6.45, 7) is 7.85. The van der Waals surface area contributed by atoms with Crippen LogP contribution in [-0.4, -0.2) is 60.0 Å². The number of nitrogens with zero attached hydrogens (tertiary/aromatic N) is 5. The number of fused-ring (bicyclic) bond motifs is 3. The first-order chi connectivity index (χ1) is 15.5. The molecule has 32 heavy (non-hydrogen) atoms. The van der Waals surface area contributed by atoms with E-state index in [4.69, 9.17) is 9.97 Å². The zero-order valence-corrected chi connectivity index (χ0v) is 20.1. The van der Waals surface area contributed by atoms with Crippen molar-refractivity contribution in [3.63, 3.8) is 0 Å². The van der Waals surface area contributed by atoms with Crippen LogP contribution >= 0.6 is 11.3 Å². The second-order valence-corrected chi connectivity index (χ2v) is 10.7. The molecule has 3 heterocycles. The molecule has 0 amide bonds. The molecule has 0 spiro atoms. The van der Waals surface area contributed by atoms with Crippen molar-refractivity contribution < 1.29 is 4.39 Å². The zero-order chi connectivity index (χ0) is 22.2. The number of rotatable bonds is 5. The zero-order valence-electron chi connectivity index (χ0n) is 19.3. The van der Waals surface area contributed by atoms with E-state index in [1.54, 1.807) is 12.1 Å². The maximum atomic E-state index is 13.2. The quantitative estimate of drug-likeness (QED) is 0.574. The molecule has 0 saturated carbocycles. The van der Waals surface area contributed by atoms with Crippen molar-refractivity contribution in [1.29, 1.82) is 0 Å². The van der Waals surface area contributed by atoms with Crippen molar-refractivity contribution in [2.24, 2.45) is 5.92 Å². The first kappa shape index (κ1) is 21.7. The van der Waals surface area contributed by atoms with Gasteiger partial charge in [0.1, 0.15) is 22.3 Å². The van der Waals surface area contributed by atoms with E-state index in [0.29, 0.717) is 0 Å². The number of anilines is 1. The van der Waals surface area contributed by atoms with Gasteiger partial charge in [-0.2, -0.15) is 0 Å². The summed E-state index contributed by atoms with van der Waals surface area (Å²) in [5.74, 6) is 2.63. The van der Waals surface area contributed by atoms with Crippen molar-refractivity contribution in [2.45, 2.75) is 39.3 Å². The van der Waals surface area contributed by atoms with Gasteiger partial charge in [-0.05, 0) is 62.5 Å². The fraction of sp³-hybridized carbons (Fsp3) is 0.520. The predicted octanol–water partition coefficient (Wildman–Crippen LogP) is 4.34. The highest BCUT2D eigenvalue weighted by molar-refractivity contribution is 7.19. The van der Waals surface area contributed by atoms with E-state index in [1.165, 1.54) is 39.1 Å². The van der Waals surface area contributed by atoms with E-state index in [-0.39, 0.29) is 5.82 Å². The number of hydrogen-bond donors (Lipinski definition) is 0. The lowest BCUT2D eigenvalue weighted by atomic mass is 9.89. The molecule has 7 heteroatoms. The molecule has 5 rings (SSSR count). The predicted molar refractivity (Wildman–Crippen MR) is 130 cm³/mol. The number of benzene rings is 1. The Morgan fingerprint density at radius 2 is 1.84 bits per heavy atom. The molecule has 2 aliphatic rings. The van der Waals surface area contributed by atoms with E-state index >= 15 is 0 Å². The SMILES string of the molecule is CC1CCc2c(sc3nc(CN(C)C)nc(N4CCN(Cc5ccc(F)cc5)CC4)c23)C1. The number of hydrogen-bond acceptors (Lipinski definition) is 6. The molecule has 1 fully saturated rings. The highest BCUT2D eigenvalue weighted by atomic mass is 32.1. The van der Waals surface area contributed by atoms with Crippen LogP contribution in [-0.2, 0) is 25.9 Å². The fourth-order valence-corrected chi connectivity index (χ4v) is 6.31. The van der Waals surface area contributed by atoms with Gasteiger partial charge in [-0.25, -0.2) is 14.4 Å². The highest BCUT2D eigenvalue weighted by Gasteiger charge is 2.27. The van der Waals surface area contributed by atoms with Crippen LogP contribution in [0.5, 0.6) is 0 Å². The van der Waals surface area contributed by atoms with Crippen LogP contribution in [0.15, 0.2) is 24.3 Å². The second-order valence-electron chi connectivity index (χ2n) is 9.62. The lowest BCUT2D eigenvalue weighted by Gasteiger charge is -2.36. The molecule has 5 nitrogen and oxygen atoms in total. The fourth-order valence-electron chi connectivity index (χ4n) is 4.91. The first-order valence-electron chi connectivity index (χ1n) is 11.6. The van der Waals surface area contributed by atoms with Gasteiger partial charge in [-0.15, -0.1) is 11.3 Å². The Labute approximate surface area is 193 Å². The second kappa shape index (κ2) is 9.04. The third-order valence-electron chi connectivity index (χ3n) is 6.63. The van der Waals surface area contributed by atoms with Crippen LogP contribution < -0.4 is 4.90 Å². The molecule has 1 aliphatic carbocycles. The minimum absolute atomic E-state index is 0.173. The summed E-state index contributed by atoms with van der Waals surface area (Å²) in [4.78, 5) is 19.8. The van der Waals surface area contributed by atoms with Crippen molar-refractivity contribution in [3.8, 4) is 0 Å². The first-order valence-corrected chi connectivity index (χ1v) is 12.5. The van der Waals surface area contributed by atoms with Gasteiger partial charge in [-0.3, -0.25) is 4.90 Å². The minimum atomic E-state index is -0.173. The van der Waals surface area contributed by atoms with Crippen molar-refractivity contribution in [3.05, 3.63) is 51.9 Å². The summed E-state index contributed by atoms with van der Waals surface area (Å²) in [6.07, 6.45) is 3.57. The average molecular weight is 454 g/mol. The van der Waals surface area contributed by atoms with Crippen LogP contribution in [0.1, 0.15) is 35.2 Å². The molecule has 1 unspecified atom stereocenters. The Balaban J connectivity index is 1.40. The van der Waals surface area contributed by atoms with Gasteiger partial charge in [-0.1, -0.05) is 19.1 Å². The summed E-state index contributed by atoms with van der Waals surface area (Å²) in [5, 5.41) is 1.31. The lowest BCUT2D eigenvalue weighted by Crippen LogP contribution is -2.46. The van der Waals surface area contributed by atoms with E-state index in [0.717, 1.165) is 63.2 Å². The van der Waals surface area contributed by atoms with Crippen LogP contribution in [0.2, 0.25) is 0 Å². The van der Waals surface area contributed by atoms with E-state index in [2.05, 4.69) is 35.7 Å². The summed E-state index contributed by atoms with van der Waals surface area (Å²) in [5.41, 5.74) is 2.67. The van der Waals surface area contributed by atoms with Crippen LogP contribution in [0.4, 0.5) is 10.2 Å². The molecule has 3 aromatic rings. The third-order valence-corrected chi connectivity index (χ3v) is 7.78. The summed E-state index contributed by atoms with van der Waals surface area (Å²) < 4.78 is 13.2. The molecule has 1 aliphatic heterocycles. The lowest BCUT2D eigenvalue weighted by molar-refractivity contribution is 0.249. The normalized spacial score (nSPS) is 19.7. The minimum Gasteiger partial charge on any atom is -0.353 e. The molecular weight excluding hydrogens is 421 g/mol. The topological polar surface area (TPSA) is 35.5 Å². The molecule has 0 N–H and O–H groups in total. The average Bonchev–Trinajstić information content (AvgIpc) is 3.12. The van der Waals surface area contributed by atoms with Crippen molar-refractivity contribution in [2.75, 3.05) is 45.2 Å². The number of halogens is 1. The Hall–Kier alpha value is -2.09. The number of aromatic nitrogens is 2. The van der Waals surface area contributed by atoms with Gasteiger partial charge in [0, 0.05) is 37.6 Å². The monoisotopic (exact) mass is 453 g/mol. The van der Waals surface area contributed by atoms with Crippen molar-refractivity contribution in [1.82, 2.24) is 19.8 Å². The Kier molecular flexibility index (Phi) is 6.14. The summed E-state index contributed by atoms with van der Waals surface area (Å²) >= 11 is 1.89. The molecule has 170 valence electrons. The van der Waals surface area contributed by atoms with Crippen LogP contribution in [0, 0.1) is 11.7 Å².